The van der Waals surface area contributed by atoms with Crippen molar-refractivity contribution in [3.05, 3.63) is 0 Å². The minimum Gasteiger partial charge on any atom is -0.387 e. The quantitative estimate of drug-likeness (QED) is 0.613. The Morgan fingerprint density at radius 2 is 1.12 bits per heavy atom. The molecule has 1 N–H and O–H groups in total. The minimum absolute atomic E-state index is 1.82. The Bertz CT molecular complexity index is 457. The highest BCUT2D eigenvalue weighted by Gasteiger charge is 2.78. The molecule has 0 aromatic heterocycles. The summed E-state index contributed by atoms with van der Waals surface area (Å²) in [6.45, 7) is -2.68. The fraction of sp³-hybridized carbons (Fsp3) is 1.00. The van der Waals surface area contributed by atoms with Crippen molar-refractivity contribution in [2.45, 2.75) is 42.7 Å². The van der Waals surface area contributed by atoms with Gasteiger partial charge in [0.05, 0.1) is 0 Å². The van der Waals surface area contributed by atoms with Crippen LogP contribution < -0.4 is 0 Å². The summed E-state index contributed by atoms with van der Waals surface area (Å²) in [4.78, 5) is 0. The van der Waals surface area contributed by atoms with E-state index < -0.39 is 49.3 Å². The van der Waals surface area contributed by atoms with Crippen molar-refractivity contribution in [3.8, 4) is 0 Å². The van der Waals surface area contributed by atoms with E-state index in [1.54, 1.807) is 0 Å². The summed E-state index contributed by atoms with van der Waals surface area (Å²) in [5.74, 6) is -14.5. The van der Waals surface area contributed by atoms with Gasteiger partial charge in [-0.3, -0.25) is 4.74 Å². The molecule has 0 radical (unpaired) electrons. The second-order valence-corrected chi connectivity index (χ2v) is 4.06. The fourth-order valence-corrected chi connectivity index (χ4v) is 0.883. The Hall–Kier alpha value is -1.10. The lowest BCUT2D eigenvalue weighted by Crippen LogP contribution is -2.60. The van der Waals surface area contributed by atoms with E-state index in [4.69, 9.17) is 5.11 Å². The highest BCUT2D eigenvalue weighted by molar-refractivity contribution is 4.94. The highest BCUT2D eigenvalue weighted by atomic mass is 19.4. The summed E-state index contributed by atoms with van der Waals surface area (Å²) in [6, 6.07) is 0. The van der Waals surface area contributed by atoms with Gasteiger partial charge in [0.2, 0.25) is 0 Å². The molecule has 0 amide bonds. The lowest BCUT2D eigenvalue weighted by atomic mass is 10.1. The molecule has 25 heavy (non-hydrogen) atoms. The maximum Gasteiger partial charge on any atom is 0.460 e. The van der Waals surface area contributed by atoms with Gasteiger partial charge in [-0.2, -0.15) is 57.1 Å². The average molecular weight is 414 g/mol. The zero-order valence-corrected chi connectivity index (χ0v) is 10.8. The van der Waals surface area contributed by atoms with E-state index in [0.717, 1.165) is 0 Å². The van der Waals surface area contributed by atoms with Gasteiger partial charge in [-0.25, -0.2) is 9.13 Å². The molecule has 0 spiro atoms. The molecule has 1 unspecified atom stereocenters. The van der Waals surface area contributed by atoms with Gasteiger partial charge in [0.25, 0.3) is 6.36 Å². The largest absolute Gasteiger partial charge is 0.460 e. The second-order valence-electron chi connectivity index (χ2n) is 4.06. The molecule has 0 aliphatic heterocycles. The maximum absolute atomic E-state index is 12.7. The van der Waals surface area contributed by atoms with Crippen LogP contribution in [-0.2, 0) is 9.47 Å². The molecule has 1 atom stereocenters. The van der Waals surface area contributed by atoms with Crippen LogP contribution in [0.25, 0.3) is 0 Å². The van der Waals surface area contributed by atoms with Gasteiger partial charge in [0, 0.05) is 0 Å². The summed E-state index contributed by atoms with van der Waals surface area (Å²) in [7, 11) is 0. The zero-order valence-electron chi connectivity index (χ0n) is 10.8. The fourth-order valence-electron chi connectivity index (χ4n) is 0.883. The minimum atomic E-state index is -7.36. The van der Waals surface area contributed by atoms with E-state index in [0.29, 0.717) is 0 Å². The average Bonchev–Trinajstić information content (AvgIpc) is 2.35. The molecule has 0 rings (SSSR count). The van der Waals surface area contributed by atoms with Crippen molar-refractivity contribution in [2.24, 2.45) is 0 Å². The van der Waals surface area contributed by atoms with E-state index in [1.165, 1.54) is 0 Å². The topological polar surface area (TPSA) is 38.7 Å². The second kappa shape index (κ2) is 6.57. The monoisotopic (exact) mass is 414 g/mol. The number of halogens is 14. The van der Waals surface area contributed by atoms with Gasteiger partial charge in [-0.05, 0) is 0 Å². The zero-order chi connectivity index (χ0) is 20.7. The number of hydrogen-bond acceptors (Lipinski definition) is 3. The molecule has 0 aromatic carbocycles. The van der Waals surface area contributed by atoms with E-state index in [9.17, 15) is 61.5 Å². The van der Waals surface area contributed by atoms with Crippen LogP contribution in [0.2, 0.25) is 0 Å². The van der Waals surface area contributed by atoms with Gasteiger partial charge in [-0.15, -0.1) is 0 Å². The smallest absolute Gasteiger partial charge is 0.387 e. The van der Waals surface area contributed by atoms with Crippen LogP contribution in [-0.4, -0.2) is 54.4 Å². The molecule has 0 fully saturated rings. The standard InChI is InChI=1S/C8H4F14O3/c9-2(4(12,13)5(14,15)6(16,17)18)24-7(19,20)8(21,22)25-3(10,11)1-23/h2,23H,1H2. The van der Waals surface area contributed by atoms with Gasteiger partial charge < -0.3 is 5.11 Å². The molecular formula is C8H4F14O3. The molecular weight excluding hydrogens is 410 g/mol. The van der Waals surface area contributed by atoms with Crippen molar-refractivity contribution in [1.82, 2.24) is 0 Å². The molecule has 0 saturated heterocycles. The summed E-state index contributed by atoms with van der Waals surface area (Å²) < 4.78 is 177. The number of alkyl halides is 14. The molecule has 0 aliphatic rings. The van der Waals surface area contributed by atoms with E-state index in [-0.39, 0.29) is 0 Å². The molecule has 3 nitrogen and oxygen atoms in total. The molecule has 0 aromatic rings. The summed E-state index contributed by atoms with van der Waals surface area (Å²) in [5, 5.41) is 7.82. The first-order valence-electron chi connectivity index (χ1n) is 5.23. The van der Waals surface area contributed by atoms with Crippen LogP contribution >= 0.6 is 0 Å². The number of aliphatic hydroxyl groups excluding tert-OH is 1. The third-order valence-corrected chi connectivity index (χ3v) is 2.11. The molecule has 152 valence electrons. The van der Waals surface area contributed by atoms with Crippen LogP contribution in [0.3, 0.4) is 0 Å². The molecule has 0 aliphatic carbocycles. The summed E-state index contributed by atoms with van der Waals surface area (Å²) in [6.07, 6.45) is -32.0. The van der Waals surface area contributed by atoms with Crippen molar-refractivity contribution in [1.29, 1.82) is 0 Å². The maximum atomic E-state index is 12.7. The highest BCUT2D eigenvalue weighted by Crippen LogP contribution is 2.51. The van der Waals surface area contributed by atoms with E-state index in [2.05, 4.69) is 0 Å². The van der Waals surface area contributed by atoms with Gasteiger partial charge >= 0.3 is 36.3 Å². The number of aliphatic hydroxyl groups is 1. The van der Waals surface area contributed by atoms with Crippen molar-refractivity contribution in [3.63, 3.8) is 0 Å². The van der Waals surface area contributed by atoms with E-state index >= 15 is 0 Å². The first kappa shape index (κ1) is 23.9. The molecule has 0 bridgehead atoms. The normalized spacial score (nSPS) is 16.9. The number of rotatable bonds is 8. The van der Waals surface area contributed by atoms with Gasteiger partial charge in [0.1, 0.15) is 6.61 Å². The van der Waals surface area contributed by atoms with Gasteiger partial charge in [-0.1, -0.05) is 0 Å². The van der Waals surface area contributed by atoms with Crippen LogP contribution in [0.4, 0.5) is 61.5 Å². The Labute approximate surface area is 127 Å². The van der Waals surface area contributed by atoms with Gasteiger partial charge in [0.15, 0.2) is 0 Å². The molecule has 0 heterocycles. The van der Waals surface area contributed by atoms with Crippen LogP contribution in [0.5, 0.6) is 0 Å². The van der Waals surface area contributed by atoms with Crippen molar-refractivity contribution >= 4 is 0 Å². The Morgan fingerprint density at radius 3 is 1.44 bits per heavy atom. The van der Waals surface area contributed by atoms with Crippen LogP contribution in [0, 0.1) is 0 Å². The van der Waals surface area contributed by atoms with Crippen molar-refractivity contribution < 1.29 is 76.0 Å². The Kier molecular flexibility index (Phi) is 6.28. The van der Waals surface area contributed by atoms with Crippen LogP contribution in [0.15, 0.2) is 0 Å². The lowest BCUT2D eigenvalue weighted by Gasteiger charge is -2.33. The number of hydrogen-bond donors (Lipinski definition) is 1. The SMILES string of the molecule is OCC(F)(F)OC(F)(F)C(F)(F)OC(F)C(F)(F)C(F)(F)C(F)(F)F. The Morgan fingerprint density at radius 1 is 0.720 bits per heavy atom. The molecule has 17 heteroatoms. The third kappa shape index (κ3) is 4.75. The lowest BCUT2D eigenvalue weighted by molar-refractivity contribution is -0.506. The predicted molar refractivity (Wildman–Crippen MR) is 44.9 cm³/mol. The summed E-state index contributed by atoms with van der Waals surface area (Å²) >= 11 is 0. The van der Waals surface area contributed by atoms with Crippen LogP contribution in [0.1, 0.15) is 0 Å². The Balaban J connectivity index is 5.54. The van der Waals surface area contributed by atoms with E-state index in [1.807, 2.05) is 9.47 Å². The van der Waals surface area contributed by atoms with Crippen molar-refractivity contribution in [2.75, 3.05) is 6.61 Å². The summed E-state index contributed by atoms with van der Waals surface area (Å²) in [5.41, 5.74) is 0. The first-order chi connectivity index (χ1) is 10.6. The first-order valence-corrected chi connectivity index (χ1v) is 5.23. The molecule has 0 saturated carbocycles. The third-order valence-electron chi connectivity index (χ3n) is 2.11. The predicted octanol–water partition coefficient (Wildman–Crippen LogP) is 3.92. The number of ether oxygens (including phenoxy) is 2.